The number of halogens is 2. The number of anilines is 1. The zero-order valence-corrected chi connectivity index (χ0v) is 13.5. The molecule has 0 spiro atoms. The number of aryl methyl sites for hydroxylation is 1. The molecule has 0 aromatic heterocycles. The topological polar surface area (TPSA) is 32.3 Å². The molecule has 0 saturated carbocycles. The molecule has 0 bridgehead atoms. The maximum atomic E-state index is 9.73. The monoisotopic (exact) mass is 321 g/mol. The van der Waals surface area contributed by atoms with Gasteiger partial charge in [0.15, 0.2) is 0 Å². The molecule has 2 aromatic carbocycles. The molecule has 0 amide bonds. The van der Waals surface area contributed by atoms with E-state index in [1.807, 2.05) is 38.1 Å². The number of hydrogen-bond donors (Lipinski definition) is 2. The van der Waals surface area contributed by atoms with Crippen molar-refractivity contribution in [2.75, 3.05) is 5.32 Å². The Bertz CT molecular complexity index is 672. The smallest absolute Gasteiger partial charge is 0.120 e. The molecule has 0 saturated heterocycles. The van der Waals surface area contributed by atoms with E-state index in [4.69, 9.17) is 23.2 Å². The molecule has 4 heteroatoms. The third-order valence-electron chi connectivity index (χ3n) is 3.35. The molecular formula is C17H17Cl2NO. The quantitative estimate of drug-likeness (QED) is 0.762. The van der Waals surface area contributed by atoms with Crippen LogP contribution in [-0.2, 0) is 6.42 Å². The lowest BCUT2D eigenvalue weighted by atomic mass is 10.1. The first-order chi connectivity index (χ1) is 9.92. The standard InChI is InChI=1S/C17H17Cl2NO/c1-4-14-15(18)7-12(8-16(14)19)11(3)20-13-6-5-10(2)17(21)9-13/h5-9,20-21H,3-4H2,1-2H3. The second-order valence-electron chi connectivity index (χ2n) is 4.88. The van der Waals surface area contributed by atoms with E-state index in [1.165, 1.54) is 0 Å². The minimum atomic E-state index is 0.241. The van der Waals surface area contributed by atoms with Crippen molar-refractivity contribution in [1.82, 2.24) is 0 Å². The van der Waals surface area contributed by atoms with Crippen molar-refractivity contribution in [2.45, 2.75) is 20.3 Å². The predicted molar refractivity (Wildman–Crippen MR) is 91.3 cm³/mol. The van der Waals surface area contributed by atoms with Crippen LogP contribution in [0.25, 0.3) is 5.70 Å². The van der Waals surface area contributed by atoms with Crippen LogP contribution in [0.5, 0.6) is 5.75 Å². The highest BCUT2D eigenvalue weighted by Gasteiger charge is 2.09. The van der Waals surface area contributed by atoms with Crippen molar-refractivity contribution >= 4 is 34.6 Å². The number of benzene rings is 2. The summed E-state index contributed by atoms with van der Waals surface area (Å²) in [6.45, 7) is 7.85. The van der Waals surface area contributed by atoms with Crippen LogP contribution in [0, 0.1) is 6.92 Å². The number of phenolic OH excluding ortho intramolecular Hbond substituents is 1. The molecule has 110 valence electrons. The normalized spacial score (nSPS) is 10.5. The van der Waals surface area contributed by atoms with Gasteiger partial charge in [-0.25, -0.2) is 0 Å². The third-order valence-corrected chi connectivity index (χ3v) is 4.02. The summed E-state index contributed by atoms with van der Waals surface area (Å²) in [6.07, 6.45) is 0.781. The van der Waals surface area contributed by atoms with Crippen LogP contribution < -0.4 is 5.32 Å². The van der Waals surface area contributed by atoms with E-state index in [2.05, 4.69) is 11.9 Å². The van der Waals surface area contributed by atoms with Gasteiger partial charge >= 0.3 is 0 Å². The summed E-state index contributed by atoms with van der Waals surface area (Å²) in [5.41, 5.74) is 4.01. The van der Waals surface area contributed by atoms with Crippen LogP contribution in [0.1, 0.15) is 23.6 Å². The maximum absolute atomic E-state index is 9.73. The fourth-order valence-electron chi connectivity index (χ4n) is 2.05. The molecule has 2 rings (SSSR count). The zero-order chi connectivity index (χ0) is 15.6. The Morgan fingerprint density at radius 3 is 2.33 bits per heavy atom. The summed E-state index contributed by atoms with van der Waals surface area (Å²) < 4.78 is 0. The zero-order valence-electron chi connectivity index (χ0n) is 12.0. The average molecular weight is 322 g/mol. The molecule has 0 aliphatic carbocycles. The van der Waals surface area contributed by atoms with Crippen LogP contribution in [0.2, 0.25) is 10.0 Å². The Kier molecular flexibility index (Phi) is 4.81. The summed E-state index contributed by atoms with van der Waals surface area (Å²) in [5, 5.41) is 14.1. The summed E-state index contributed by atoms with van der Waals surface area (Å²) in [7, 11) is 0. The van der Waals surface area contributed by atoms with Gasteiger partial charge in [0.1, 0.15) is 5.75 Å². The van der Waals surface area contributed by atoms with Gasteiger partial charge in [0.25, 0.3) is 0 Å². The number of nitrogens with one attached hydrogen (secondary N) is 1. The van der Waals surface area contributed by atoms with E-state index in [0.717, 1.165) is 28.8 Å². The summed E-state index contributed by atoms with van der Waals surface area (Å²) in [4.78, 5) is 0. The Labute approximate surface area is 135 Å². The Balaban J connectivity index is 2.26. The first-order valence-electron chi connectivity index (χ1n) is 6.66. The SMILES string of the molecule is C=C(Nc1ccc(C)c(O)c1)c1cc(Cl)c(CC)c(Cl)c1. The maximum Gasteiger partial charge on any atom is 0.120 e. The minimum absolute atomic E-state index is 0.241. The Morgan fingerprint density at radius 1 is 1.19 bits per heavy atom. The highest BCUT2D eigenvalue weighted by Crippen LogP contribution is 2.30. The molecule has 0 fully saturated rings. The van der Waals surface area contributed by atoms with Gasteiger partial charge in [-0.3, -0.25) is 0 Å². The molecule has 0 aliphatic rings. The van der Waals surface area contributed by atoms with E-state index >= 15 is 0 Å². The van der Waals surface area contributed by atoms with Crippen LogP contribution in [0.15, 0.2) is 36.9 Å². The second kappa shape index (κ2) is 6.42. The van der Waals surface area contributed by atoms with Gasteiger partial charge in [0.2, 0.25) is 0 Å². The van der Waals surface area contributed by atoms with E-state index in [0.29, 0.717) is 15.7 Å². The number of phenols is 1. The van der Waals surface area contributed by atoms with E-state index in [-0.39, 0.29) is 5.75 Å². The molecule has 21 heavy (non-hydrogen) atoms. The first kappa shape index (κ1) is 15.7. The molecule has 0 atom stereocenters. The van der Waals surface area contributed by atoms with Crippen LogP contribution in [-0.4, -0.2) is 5.11 Å². The molecule has 0 heterocycles. The molecule has 2 nitrogen and oxygen atoms in total. The number of rotatable bonds is 4. The number of aromatic hydroxyl groups is 1. The summed E-state index contributed by atoms with van der Waals surface area (Å²) in [6, 6.07) is 9.06. The van der Waals surface area contributed by atoms with E-state index < -0.39 is 0 Å². The predicted octanol–water partition coefficient (Wildman–Crippen LogP) is 5.65. The van der Waals surface area contributed by atoms with Gasteiger partial charge < -0.3 is 10.4 Å². The minimum Gasteiger partial charge on any atom is -0.508 e. The lowest BCUT2D eigenvalue weighted by molar-refractivity contribution is 0.471. The van der Waals surface area contributed by atoms with Crippen molar-refractivity contribution in [1.29, 1.82) is 0 Å². The highest BCUT2D eigenvalue weighted by molar-refractivity contribution is 6.36. The second-order valence-corrected chi connectivity index (χ2v) is 5.69. The van der Waals surface area contributed by atoms with Crippen molar-refractivity contribution in [3.05, 3.63) is 63.6 Å². The number of hydrogen-bond acceptors (Lipinski definition) is 2. The highest BCUT2D eigenvalue weighted by atomic mass is 35.5. The van der Waals surface area contributed by atoms with Crippen molar-refractivity contribution in [3.63, 3.8) is 0 Å². The van der Waals surface area contributed by atoms with Crippen molar-refractivity contribution in [2.24, 2.45) is 0 Å². The van der Waals surface area contributed by atoms with Gasteiger partial charge in [-0.15, -0.1) is 0 Å². The fraction of sp³-hybridized carbons (Fsp3) is 0.176. The largest absolute Gasteiger partial charge is 0.508 e. The van der Waals surface area contributed by atoms with Crippen molar-refractivity contribution < 1.29 is 5.11 Å². The van der Waals surface area contributed by atoms with Gasteiger partial charge in [-0.2, -0.15) is 0 Å². The fourth-order valence-corrected chi connectivity index (χ4v) is 2.80. The molecular weight excluding hydrogens is 305 g/mol. The van der Waals surface area contributed by atoms with Gasteiger partial charge in [0.05, 0.1) is 0 Å². The lowest BCUT2D eigenvalue weighted by Gasteiger charge is -2.13. The third kappa shape index (κ3) is 3.52. The molecule has 0 aliphatic heterocycles. The van der Waals surface area contributed by atoms with Gasteiger partial charge in [-0.1, -0.05) is 42.8 Å². The van der Waals surface area contributed by atoms with Crippen LogP contribution in [0.3, 0.4) is 0 Å². The van der Waals surface area contributed by atoms with Gasteiger partial charge in [0, 0.05) is 33.1 Å². The Hall–Kier alpha value is -1.64. The lowest BCUT2D eigenvalue weighted by Crippen LogP contribution is -1.99. The molecule has 2 aromatic rings. The summed E-state index contributed by atoms with van der Waals surface area (Å²) >= 11 is 12.5. The van der Waals surface area contributed by atoms with Crippen LogP contribution >= 0.6 is 23.2 Å². The van der Waals surface area contributed by atoms with Gasteiger partial charge in [-0.05, 0) is 42.7 Å². The van der Waals surface area contributed by atoms with E-state index in [9.17, 15) is 5.11 Å². The average Bonchev–Trinajstić information content (AvgIpc) is 2.42. The summed E-state index contributed by atoms with van der Waals surface area (Å²) in [5.74, 6) is 0.241. The van der Waals surface area contributed by atoms with Crippen LogP contribution in [0.4, 0.5) is 5.69 Å². The molecule has 2 N–H and O–H groups in total. The van der Waals surface area contributed by atoms with Crippen molar-refractivity contribution in [3.8, 4) is 5.75 Å². The first-order valence-corrected chi connectivity index (χ1v) is 7.41. The van der Waals surface area contributed by atoms with E-state index in [1.54, 1.807) is 6.07 Å². The Morgan fingerprint density at radius 2 is 1.81 bits per heavy atom. The molecule has 0 unspecified atom stereocenters. The molecule has 0 radical (unpaired) electrons.